The number of furan rings is 1. The molecule has 0 saturated carbocycles. The number of amides is 1. The molecule has 5 nitrogen and oxygen atoms in total. The number of carboxylic acids is 1. The van der Waals surface area contributed by atoms with Gasteiger partial charge in [0.2, 0.25) is 0 Å². The van der Waals surface area contributed by atoms with E-state index in [9.17, 15) is 31.5 Å². The molecule has 1 heterocycles. The summed E-state index contributed by atoms with van der Waals surface area (Å²) < 4.78 is 71.7. The molecule has 0 aliphatic carbocycles. The molecule has 0 bridgehead atoms. The topological polar surface area (TPSA) is 79.5 Å². The second kappa shape index (κ2) is 7.14. The summed E-state index contributed by atoms with van der Waals surface area (Å²) in [5.74, 6) is -6.90. The highest BCUT2D eigenvalue weighted by Gasteiger charge is 2.44. The van der Waals surface area contributed by atoms with Crippen LogP contribution in [0.3, 0.4) is 0 Å². The normalized spacial score (nSPS) is 12.7. The van der Waals surface area contributed by atoms with Crippen LogP contribution in [0.5, 0.6) is 0 Å². The third-order valence-electron chi connectivity index (χ3n) is 3.48. The molecule has 0 spiro atoms. The number of carbonyl (C=O) groups excluding carboxylic acids is 1. The van der Waals surface area contributed by atoms with Gasteiger partial charge in [0.1, 0.15) is 11.3 Å². The fourth-order valence-electron chi connectivity index (χ4n) is 2.27. The number of benzene rings is 1. The van der Waals surface area contributed by atoms with E-state index in [1.54, 1.807) is 0 Å². The van der Waals surface area contributed by atoms with Crippen LogP contribution >= 0.6 is 0 Å². The summed E-state index contributed by atoms with van der Waals surface area (Å²) in [6.45, 7) is 1.52. The Bertz CT molecular complexity index is 844. The lowest BCUT2D eigenvalue weighted by Gasteiger charge is -2.22. The van der Waals surface area contributed by atoms with Gasteiger partial charge in [-0.05, 0) is 6.07 Å². The maximum absolute atomic E-state index is 13.7. The molecule has 1 unspecified atom stereocenters. The Morgan fingerprint density at radius 3 is 2.42 bits per heavy atom. The van der Waals surface area contributed by atoms with E-state index in [4.69, 9.17) is 9.52 Å². The molecule has 10 heteroatoms. The van der Waals surface area contributed by atoms with Crippen molar-refractivity contribution in [3.8, 4) is 0 Å². The highest BCUT2D eigenvalue weighted by Crippen LogP contribution is 2.35. The van der Waals surface area contributed by atoms with E-state index in [1.165, 1.54) is 12.2 Å². The Labute approximate surface area is 143 Å². The van der Waals surface area contributed by atoms with Crippen LogP contribution in [-0.4, -0.2) is 23.2 Å². The van der Waals surface area contributed by atoms with E-state index in [-0.39, 0.29) is 17.7 Å². The predicted molar refractivity (Wildman–Crippen MR) is 77.7 cm³/mol. The van der Waals surface area contributed by atoms with Crippen molar-refractivity contribution in [2.45, 2.75) is 25.6 Å². The largest absolute Gasteiger partial charge is 0.478 e. The van der Waals surface area contributed by atoms with Crippen molar-refractivity contribution in [3.05, 3.63) is 58.5 Å². The van der Waals surface area contributed by atoms with Crippen molar-refractivity contribution in [3.63, 3.8) is 0 Å². The van der Waals surface area contributed by atoms with Gasteiger partial charge >= 0.3 is 12.1 Å². The number of nitrogens with one attached hydrogen (secondary N) is 1. The fourth-order valence-corrected chi connectivity index (χ4v) is 2.27. The van der Waals surface area contributed by atoms with Crippen molar-refractivity contribution in [1.29, 1.82) is 0 Å². The molecule has 0 aliphatic heterocycles. The number of hydrogen-bond acceptors (Lipinski definition) is 3. The lowest BCUT2D eigenvalue weighted by Crippen LogP contribution is -2.38. The summed E-state index contributed by atoms with van der Waals surface area (Å²) in [6, 6.07) is 0.0933. The second-order valence-corrected chi connectivity index (χ2v) is 5.20. The van der Waals surface area contributed by atoms with Gasteiger partial charge < -0.3 is 14.8 Å². The lowest BCUT2D eigenvalue weighted by atomic mass is 10.1. The Hall–Kier alpha value is -2.91. The molecule has 140 valence electrons. The average Bonchev–Trinajstić information content (AvgIpc) is 2.99. The summed E-state index contributed by atoms with van der Waals surface area (Å²) in [6.07, 6.45) is -5.06. The van der Waals surface area contributed by atoms with Crippen LogP contribution in [0, 0.1) is 11.6 Å². The molecule has 1 aromatic carbocycles. The number of aromatic carboxylic acids is 1. The quantitative estimate of drug-likeness (QED) is 0.776. The van der Waals surface area contributed by atoms with Crippen LogP contribution < -0.4 is 5.32 Å². The van der Waals surface area contributed by atoms with E-state index in [0.29, 0.717) is 12.1 Å². The Kier molecular flexibility index (Phi) is 5.33. The SMILES string of the molecule is CCc1oc(C(=O)NC(c2cccc(F)c2F)C(F)(F)F)cc1C(=O)O. The van der Waals surface area contributed by atoms with Crippen LogP contribution in [0.15, 0.2) is 28.7 Å². The molecule has 0 radical (unpaired) electrons. The molecule has 2 aromatic rings. The summed E-state index contributed by atoms with van der Waals surface area (Å²) in [5.41, 5.74) is -1.50. The number of rotatable bonds is 5. The summed E-state index contributed by atoms with van der Waals surface area (Å²) >= 11 is 0. The second-order valence-electron chi connectivity index (χ2n) is 5.20. The minimum Gasteiger partial charge on any atom is -0.478 e. The summed E-state index contributed by atoms with van der Waals surface area (Å²) in [4.78, 5) is 23.1. The van der Waals surface area contributed by atoms with E-state index >= 15 is 0 Å². The van der Waals surface area contributed by atoms with Crippen molar-refractivity contribution >= 4 is 11.9 Å². The van der Waals surface area contributed by atoms with Gasteiger partial charge in [-0.2, -0.15) is 13.2 Å². The summed E-state index contributed by atoms with van der Waals surface area (Å²) in [7, 11) is 0. The maximum Gasteiger partial charge on any atom is 0.412 e. The van der Waals surface area contributed by atoms with Crippen LogP contribution in [-0.2, 0) is 6.42 Å². The van der Waals surface area contributed by atoms with Crippen molar-refractivity contribution in [2.24, 2.45) is 0 Å². The van der Waals surface area contributed by atoms with Crippen LogP contribution in [0.25, 0.3) is 0 Å². The molecule has 26 heavy (non-hydrogen) atoms. The molecule has 2 rings (SSSR count). The Morgan fingerprint density at radius 1 is 1.27 bits per heavy atom. The van der Waals surface area contributed by atoms with Crippen LogP contribution in [0.4, 0.5) is 22.0 Å². The number of hydrogen-bond donors (Lipinski definition) is 2. The molecule has 2 N–H and O–H groups in total. The number of alkyl halides is 3. The molecule has 0 saturated heterocycles. The van der Waals surface area contributed by atoms with E-state index in [0.717, 1.165) is 12.1 Å². The van der Waals surface area contributed by atoms with E-state index < -0.39 is 47.1 Å². The van der Waals surface area contributed by atoms with Crippen molar-refractivity contribution in [1.82, 2.24) is 5.32 Å². The van der Waals surface area contributed by atoms with Gasteiger partial charge in [0, 0.05) is 18.1 Å². The van der Waals surface area contributed by atoms with Crippen molar-refractivity contribution in [2.75, 3.05) is 0 Å². The van der Waals surface area contributed by atoms with Gasteiger partial charge in [0.05, 0.1) is 0 Å². The minimum absolute atomic E-state index is 0.0795. The highest BCUT2D eigenvalue weighted by atomic mass is 19.4. The smallest absolute Gasteiger partial charge is 0.412 e. The molecule has 1 atom stereocenters. The third-order valence-corrected chi connectivity index (χ3v) is 3.48. The van der Waals surface area contributed by atoms with Gasteiger partial charge in [-0.25, -0.2) is 13.6 Å². The minimum atomic E-state index is -5.14. The molecule has 0 fully saturated rings. The maximum atomic E-state index is 13.7. The van der Waals surface area contributed by atoms with Crippen molar-refractivity contribution < 1.29 is 41.1 Å². The lowest BCUT2D eigenvalue weighted by molar-refractivity contribution is -0.156. The molecular weight excluding hydrogens is 365 g/mol. The van der Waals surface area contributed by atoms with Crippen LogP contribution in [0.2, 0.25) is 0 Å². The zero-order valence-corrected chi connectivity index (χ0v) is 13.2. The van der Waals surface area contributed by atoms with E-state index in [2.05, 4.69) is 0 Å². The Morgan fingerprint density at radius 2 is 1.92 bits per heavy atom. The first-order valence-corrected chi connectivity index (χ1v) is 7.23. The number of halogens is 5. The number of carboxylic acid groups (broad SMARTS) is 1. The third kappa shape index (κ3) is 3.84. The molecule has 1 amide bonds. The van der Waals surface area contributed by atoms with Gasteiger partial charge in [-0.15, -0.1) is 0 Å². The van der Waals surface area contributed by atoms with Gasteiger partial charge in [0.15, 0.2) is 23.4 Å². The van der Waals surface area contributed by atoms with Crippen LogP contribution in [0.1, 0.15) is 45.2 Å². The number of aryl methyl sites for hydroxylation is 1. The first kappa shape index (κ1) is 19.4. The summed E-state index contributed by atoms with van der Waals surface area (Å²) in [5, 5.41) is 10.5. The average molecular weight is 377 g/mol. The standard InChI is InChI=1S/C16H12F5NO4/c1-2-10-8(15(24)25)6-11(26-10)14(23)22-13(16(19,20)21)7-4-3-5-9(17)12(7)18/h3-6,13H,2H2,1H3,(H,22,23)(H,24,25). The zero-order chi connectivity index (χ0) is 19.6. The predicted octanol–water partition coefficient (Wildman–Crippen LogP) is 3.85. The first-order valence-electron chi connectivity index (χ1n) is 7.23. The fraction of sp³-hybridized carbons (Fsp3) is 0.250. The Balaban J connectivity index is 2.39. The number of carbonyl (C=O) groups is 2. The monoisotopic (exact) mass is 377 g/mol. The van der Waals surface area contributed by atoms with Gasteiger partial charge in [0.25, 0.3) is 5.91 Å². The first-order chi connectivity index (χ1) is 12.1. The van der Waals surface area contributed by atoms with E-state index in [1.807, 2.05) is 0 Å². The molecular formula is C16H12F5NO4. The zero-order valence-electron chi connectivity index (χ0n) is 13.2. The molecule has 1 aromatic heterocycles. The molecule has 0 aliphatic rings. The van der Waals surface area contributed by atoms with Gasteiger partial charge in [-0.3, -0.25) is 4.79 Å². The van der Waals surface area contributed by atoms with Gasteiger partial charge in [-0.1, -0.05) is 19.1 Å². The highest BCUT2D eigenvalue weighted by molar-refractivity contribution is 5.96.